The summed E-state index contributed by atoms with van der Waals surface area (Å²) in [5, 5.41) is 5.70. The summed E-state index contributed by atoms with van der Waals surface area (Å²) in [5.41, 5.74) is 1.98. The van der Waals surface area contributed by atoms with Gasteiger partial charge in [0.05, 0.1) is 13.2 Å². The highest BCUT2D eigenvalue weighted by molar-refractivity contribution is 5.73. The summed E-state index contributed by atoms with van der Waals surface area (Å²) in [6.45, 7) is 0.889. The number of benzene rings is 1. The number of urea groups is 1. The van der Waals surface area contributed by atoms with Crippen LogP contribution < -0.4 is 20.1 Å². The zero-order chi connectivity index (χ0) is 18.2. The molecule has 0 radical (unpaired) electrons. The Labute approximate surface area is 153 Å². The summed E-state index contributed by atoms with van der Waals surface area (Å²) >= 11 is 0. The van der Waals surface area contributed by atoms with Crippen LogP contribution in [0.15, 0.2) is 42.7 Å². The molecular formula is C20H25N3O3. The van der Waals surface area contributed by atoms with Gasteiger partial charge in [0.1, 0.15) is 0 Å². The molecule has 0 saturated heterocycles. The van der Waals surface area contributed by atoms with Gasteiger partial charge in [-0.15, -0.1) is 0 Å². The number of carbonyl (C=O) groups is 1. The molecule has 0 spiro atoms. The van der Waals surface area contributed by atoms with Crippen molar-refractivity contribution in [1.29, 1.82) is 0 Å². The third-order valence-electron chi connectivity index (χ3n) is 4.48. The Hall–Kier alpha value is -2.76. The van der Waals surface area contributed by atoms with Crippen molar-refractivity contribution in [3.8, 4) is 11.5 Å². The van der Waals surface area contributed by atoms with E-state index >= 15 is 0 Å². The van der Waals surface area contributed by atoms with E-state index in [-0.39, 0.29) is 12.1 Å². The van der Waals surface area contributed by atoms with Gasteiger partial charge in [0, 0.05) is 25.5 Å². The van der Waals surface area contributed by atoms with Crippen LogP contribution >= 0.6 is 0 Å². The first kappa shape index (κ1) is 18.0. The fourth-order valence-corrected chi connectivity index (χ4v) is 3.04. The van der Waals surface area contributed by atoms with Crippen LogP contribution in [0.1, 0.15) is 36.8 Å². The Bertz CT molecular complexity index is 715. The minimum absolute atomic E-state index is 0.212. The number of methoxy groups -OCH3 is 1. The maximum Gasteiger partial charge on any atom is 0.315 e. The summed E-state index contributed by atoms with van der Waals surface area (Å²) in [6, 6.07) is 9.29. The lowest BCUT2D eigenvalue weighted by atomic mass is 10.2. The molecule has 1 aromatic heterocycles. The Morgan fingerprint density at radius 3 is 2.42 bits per heavy atom. The molecule has 1 saturated carbocycles. The van der Waals surface area contributed by atoms with Crippen molar-refractivity contribution >= 4 is 6.03 Å². The van der Waals surface area contributed by atoms with E-state index in [1.54, 1.807) is 19.5 Å². The number of amides is 2. The average Bonchev–Trinajstić information content (AvgIpc) is 3.19. The first-order valence-corrected chi connectivity index (χ1v) is 8.99. The largest absolute Gasteiger partial charge is 0.493 e. The summed E-state index contributed by atoms with van der Waals surface area (Å²) in [6.07, 6.45) is 8.27. The molecule has 3 rings (SSSR count). The number of nitrogens with one attached hydrogen (secondary N) is 2. The zero-order valence-corrected chi connectivity index (χ0v) is 15.0. The van der Waals surface area contributed by atoms with Crippen LogP contribution in [0.25, 0.3) is 0 Å². The highest BCUT2D eigenvalue weighted by Gasteiger charge is 2.18. The molecule has 6 nitrogen and oxygen atoms in total. The molecule has 0 aliphatic heterocycles. The number of ether oxygens (including phenoxy) is 2. The minimum atomic E-state index is -0.212. The maximum absolute atomic E-state index is 12.0. The van der Waals surface area contributed by atoms with E-state index in [2.05, 4.69) is 15.6 Å². The predicted molar refractivity (Wildman–Crippen MR) is 99.2 cm³/mol. The Morgan fingerprint density at radius 2 is 1.73 bits per heavy atom. The number of hydrogen-bond donors (Lipinski definition) is 2. The number of nitrogens with zero attached hydrogens (tertiary/aromatic N) is 1. The fraction of sp³-hybridized carbons (Fsp3) is 0.400. The van der Waals surface area contributed by atoms with Gasteiger partial charge in [-0.3, -0.25) is 4.98 Å². The average molecular weight is 355 g/mol. The second kappa shape index (κ2) is 9.08. The molecule has 2 aromatic rings. The van der Waals surface area contributed by atoms with E-state index < -0.39 is 0 Å². The first-order chi connectivity index (χ1) is 12.7. The number of pyridine rings is 1. The standard InChI is InChI=1S/C20H25N3O3/c1-25-18-7-6-16(12-19(18)26-17-4-2-3-5-17)14-23-20(24)22-13-15-8-10-21-11-9-15/h6-12,17H,2-5,13-14H2,1H3,(H2,22,23,24). The highest BCUT2D eigenvalue weighted by Crippen LogP contribution is 2.32. The van der Waals surface area contributed by atoms with Crippen molar-refractivity contribution in [3.63, 3.8) is 0 Å². The van der Waals surface area contributed by atoms with Crippen LogP contribution in [-0.2, 0) is 13.1 Å². The van der Waals surface area contributed by atoms with Gasteiger partial charge in [0.25, 0.3) is 0 Å². The van der Waals surface area contributed by atoms with Gasteiger partial charge in [-0.1, -0.05) is 6.07 Å². The molecule has 1 aliphatic rings. The molecule has 2 amide bonds. The SMILES string of the molecule is COc1ccc(CNC(=O)NCc2ccncc2)cc1OC1CCCC1. The van der Waals surface area contributed by atoms with E-state index in [1.165, 1.54) is 12.8 Å². The van der Waals surface area contributed by atoms with E-state index in [0.717, 1.165) is 35.5 Å². The van der Waals surface area contributed by atoms with Crippen molar-refractivity contribution in [2.45, 2.75) is 44.9 Å². The zero-order valence-electron chi connectivity index (χ0n) is 15.0. The van der Waals surface area contributed by atoms with E-state index in [9.17, 15) is 4.79 Å². The van der Waals surface area contributed by atoms with Crippen molar-refractivity contribution in [3.05, 3.63) is 53.9 Å². The van der Waals surface area contributed by atoms with Gasteiger partial charge in [-0.25, -0.2) is 4.79 Å². The molecule has 0 atom stereocenters. The molecule has 1 fully saturated rings. The van der Waals surface area contributed by atoms with E-state index in [1.807, 2.05) is 30.3 Å². The first-order valence-electron chi connectivity index (χ1n) is 8.99. The molecule has 0 unspecified atom stereocenters. The number of rotatable bonds is 7. The van der Waals surface area contributed by atoms with Gasteiger partial charge in [-0.2, -0.15) is 0 Å². The van der Waals surface area contributed by atoms with Crippen LogP contribution in [0.3, 0.4) is 0 Å². The summed E-state index contributed by atoms with van der Waals surface area (Å²) in [5.74, 6) is 1.47. The van der Waals surface area contributed by atoms with Crippen LogP contribution in [0.2, 0.25) is 0 Å². The van der Waals surface area contributed by atoms with Crippen molar-refractivity contribution in [1.82, 2.24) is 15.6 Å². The minimum Gasteiger partial charge on any atom is -0.493 e. The van der Waals surface area contributed by atoms with E-state index in [4.69, 9.17) is 9.47 Å². The lowest BCUT2D eigenvalue weighted by Gasteiger charge is -2.17. The molecular weight excluding hydrogens is 330 g/mol. The van der Waals surface area contributed by atoms with Crippen LogP contribution in [0.4, 0.5) is 4.79 Å². The lowest BCUT2D eigenvalue weighted by Crippen LogP contribution is -2.34. The second-order valence-electron chi connectivity index (χ2n) is 6.40. The third kappa shape index (κ3) is 5.12. The maximum atomic E-state index is 12.0. The highest BCUT2D eigenvalue weighted by atomic mass is 16.5. The molecule has 1 heterocycles. The quantitative estimate of drug-likeness (QED) is 0.798. The molecule has 0 bridgehead atoms. The van der Waals surface area contributed by atoms with Crippen LogP contribution in [-0.4, -0.2) is 24.2 Å². The molecule has 26 heavy (non-hydrogen) atoms. The van der Waals surface area contributed by atoms with E-state index in [0.29, 0.717) is 13.1 Å². The number of hydrogen-bond acceptors (Lipinski definition) is 4. The van der Waals surface area contributed by atoms with Crippen molar-refractivity contribution in [2.24, 2.45) is 0 Å². The summed E-state index contributed by atoms with van der Waals surface area (Å²) < 4.78 is 11.5. The van der Waals surface area contributed by atoms with Crippen molar-refractivity contribution in [2.75, 3.05) is 7.11 Å². The smallest absolute Gasteiger partial charge is 0.315 e. The van der Waals surface area contributed by atoms with Crippen LogP contribution in [0.5, 0.6) is 11.5 Å². The second-order valence-corrected chi connectivity index (χ2v) is 6.40. The van der Waals surface area contributed by atoms with Gasteiger partial charge >= 0.3 is 6.03 Å². The molecule has 6 heteroatoms. The number of aromatic nitrogens is 1. The normalized spacial score (nSPS) is 14.0. The van der Waals surface area contributed by atoms with Crippen molar-refractivity contribution < 1.29 is 14.3 Å². The monoisotopic (exact) mass is 355 g/mol. The predicted octanol–water partition coefficient (Wildman–Crippen LogP) is 3.41. The molecule has 1 aromatic carbocycles. The Morgan fingerprint density at radius 1 is 1.04 bits per heavy atom. The van der Waals surface area contributed by atoms with Crippen LogP contribution in [0, 0.1) is 0 Å². The van der Waals surface area contributed by atoms with Gasteiger partial charge in [-0.05, 0) is 61.1 Å². The fourth-order valence-electron chi connectivity index (χ4n) is 3.04. The Kier molecular flexibility index (Phi) is 6.30. The summed E-state index contributed by atoms with van der Waals surface area (Å²) in [4.78, 5) is 15.9. The Balaban J connectivity index is 1.52. The summed E-state index contributed by atoms with van der Waals surface area (Å²) in [7, 11) is 1.64. The topological polar surface area (TPSA) is 72.5 Å². The number of carbonyl (C=O) groups excluding carboxylic acids is 1. The van der Waals surface area contributed by atoms with Gasteiger partial charge in [0.2, 0.25) is 0 Å². The molecule has 2 N–H and O–H groups in total. The lowest BCUT2D eigenvalue weighted by molar-refractivity contribution is 0.200. The molecule has 1 aliphatic carbocycles. The third-order valence-corrected chi connectivity index (χ3v) is 4.48. The molecule has 138 valence electrons. The van der Waals surface area contributed by atoms with Gasteiger partial charge in [0.15, 0.2) is 11.5 Å². The van der Waals surface area contributed by atoms with Gasteiger partial charge < -0.3 is 20.1 Å².